The summed E-state index contributed by atoms with van der Waals surface area (Å²) in [5.41, 5.74) is 6.29. The number of benzene rings is 1. The van der Waals surface area contributed by atoms with Crippen LogP contribution in [0.5, 0.6) is 17.2 Å². The third-order valence-electron chi connectivity index (χ3n) is 2.49. The molecule has 2 N–H and O–H groups in total. The molecule has 0 saturated heterocycles. The van der Waals surface area contributed by atoms with E-state index < -0.39 is 12.0 Å². The van der Waals surface area contributed by atoms with Gasteiger partial charge in [0.2, 0.25) is 12.5 Å². The lowest BCUT2D eigenvalue weighted by atomic mass is 10.1. The van der Waals surface area contributed by atoms with Crippen LogP contribution in [-0.2, 0) is 9.53 Å². The number of hydrogen-bond donors (Lipinski definition) is 1. The fourth-order valence-electron chi connectivity index (χ4n) is 1.59. The van der Waals surface area contributed by atoms with Crippen molar-refractivity contribution in [1.82, 2.24) is 0 Å². The first kappa shape index (κ1) is 14.4. The standard InChI is InChI=1S/C11H13NO5.ClH/c1-14-7-3-6(9(12)11(13)15-2)4-8-10(7)17-5-16-8;/h3-4,9H,5,12H2,1-2H3;1H/t9-;/m1./s1. The summed E-state index contributed by atoms with van der Waals surface area (Å²) in [5.74, 6) is 0.993. The lowest BCUT2D eigenvalue weighted by Gasteiger charge is -2.12. The fourth-order valence-corrected chi connectivity index (χ4v) is 1.59. The number of ether oxygens (including phenoxy) is 4. The number of methoxy groups -OCH3 is 2. The quantitative estimate of drug-likeness (QED) is 0.830. The normalized spacial score (nSPS) is 13.5. The number of carbonyl (C=O) groups excluding carboxylic acids is 1. The molecule has 1 aromatic rings. The van der Waals surface area contributed by atoms with E-state index in [0.717, 1.165) is 0 Å². The van der Waals surface area contributed by atoms with Gasteiger partial charge in [0.1, 0.15) is 6.04 Å². The summed E-state index contributed by atoms with van der Waals surface area (Å²) in [5, 5.41) is 0. The Morgan fingerprint density at radius 1 is 1.39 bits per heavy atom. The minimum atomic E-state index is -0.872. The Balaban J connectivity index is 0.00000162. The highest BCUT2D eigenvalue weighted by atomic mass is 35.5. The molecule has 2 rings (SSSR count). The second-order valence-electron chi connectivity index (χ2n) is 3.46. The summed E-state index contributed by atoms with van der Waals surface area (Å²) in [7, 11) is 2.79. The third kappa shape index (κ3) is 2.44. The van der Waals surface area contributed by atoms with Crippen LogP contribution in [0.15, 0.2) is 12.1 Å². The molecule has 0 aliphatic carbocycles. The molecule has 100 valence electrons. The third-order valence-corrected chi connectivity index (χ3v) is 2.49. The Morgan fingerprint density at radius 3 is 2.72 bits per heavy atom. The fraction of sp³-hybridized carbons (Fsp3) is 0.364. The number of fused-ring (bicyclic) bond motifs is 1. The number of hydrogen-bond acceptors (Lipinski definition) is 6. The zero-order valence-corrected chi connectivity index (χ0v) is 10.8. The minimum absolute atomic E-state index is 0. The van der Waals surface area contributed by atoms with E-state index in [1.165, 1.54) is 14.2 Å². The zero-order valence-electron chi connectivity index (χ0n) is 9.97. The summed E-state index contributed by atoms with van der Waals surface area (Å²) in [6.45, 7) is 0.128. The zero-order chi connectivity index (χ0) is 12.4. The summed E-state index contributed by atoms with van der Waals surface area (Å²) in [4.78, 5) is 11.4. The molecule has 7 heteroatoms. The van der Waals surface area contributed by atoms with Gasteiger partial charge in [-0.05, 0) is 17.7 Å². The van der Waals surface area contributed by atoms with E-state index in [-0.39, 0.29) is 19.2 Å². The molecule has 0 fully saturated rings. The highest BCUT2D eigenvalue weighted by molar-refractivity contribution is 5.85. The monoisotopic (exact) mass is 275 g/mol. The average molecular weight is 276 g/mol. The molecule has 1 aliphatic rings. The highest BCUT2D eigenvalue weighted by Gasteiger charge is 2.24. The number of nitrogens with two attached hydrogens (primary N) is 1. The molecule has 0 amide bonds. The van der Waals surface area contributed by atoms with Gasteiger partial charge in [-0.1, -0.05) is 0 Å². The van der Waals surface area contributed by atoms with Crippen LogP contribution in [0.3, 0.4) is 0 Å². The summed E-state index contributed by atoms with van der Waals surface area (Å²) in [6, 6.07) is 2.41. The van der Waals surface area contributed by atoms with Crippen molar-refractivity contribution in [2.45, 2.75) is 6.04 Å². The van der Waals surface area contributed by atoms with Crippen LogP contribution in [0.25, 0.3) is 0 Å². The molecular formula is C11H14ClNO5. The van der Waals surface area contributed by atoms with Crippen molar-refractivity contribution in [2.75, 3.05) is 21.0 Å². The van der Waals surface area contributed by atoms with Crippen LogP contribution in [0.1, 0.15) is 11.6 Å². The molecule has 18 heavy (non-hydrogen) atoms. The van der Waals surface area contributed by atoms with Crippen LogP contribution < -0.4 is 19.9 Å². The lowest BCUT2D eigenvalue weighted by Crippen LogP contribution is -2.22. The summed E-state index contributed by atoms with van der Waals surface area (Å²) < 4.78 is 20.2. The molecule has 6 nitrogen and oxygen atoms in total. The minimum Gasteiger partial charge on any atom is -0.493 e. The average Bonchev–Trinajstić information content (AvgIpc) is 2.83. The van der Waals surface area contributed by atoms with Crippen molar-refractivity contribution in [3.63, 3.8) is 0 Å². The molecular weight excluding hydrogens is 262 g/mol. The highest BCUT2D eigenvalue weighted by Crippen LogP contribution is 2.42. The van der Waals surface area contributed by atoms with Crippen molar-refractivity contribution in [2.24, 2.45) is 5.73 Å². The first-order chi connectivity index (χ1) is 8.17. The van der Waals surface area contributed by atoms with Crippen LogP contribution in [0.2, 0.25) is 0 Å². The first-order valence-corrected chi connectivity index (χ1v) is 4.98. The molecule has 0 unspecified atom stereocenters. The maximum Gasteiger partial charge on any atom is 0.327 e. The van der Waals surface area contributed by atoms with Crippen molar-refractivity contribution in [3.05, 3.63) is 17.7 Å². The van der Waals surface area contributed by atoms with Gasteiger partial charge >= 0.3 is 5.97 Å². The number of esters is 1. The SMILES string of the molecule is COC(=O)[C@H](N)c1cc(OC)c2c(c1)OCO2.Cl. The van der Waals surface area contributed by atoms with Crippen molar-refractivity contribution in [1.29, 1.82) is 0 Å². The Kier molecular flexibility index (Phi) is 4.63. The van der Waals surface area contributed by atoms with Gasteiger partial charge in [-0.25, -0.2) is 0 Å². The largest absolute Gasteiger partial charge is 0.493 e. The van der Waals surface area contributed by atoms with Gasteiger partial charge < -0.3 is 24.7 Å². The maximum absolute atomic E-state index is 11.4. The Hall–Kier alpha value is -1.66. The molecule has 1 aromatic carbocycles. The number of carbonyl (C=O) groups is 1. The molecule has 0 saturated carbocycles. The van der Waals surface area contributed by atoms with E-state index in [1.54, 1.807) is 12.1 Å². The molecule has 0 spiro atoms. The smallest absolute Gasteiger partial charge is 0.327 e. The van der Waals surface area contributed by atoms with Crippen LogP contribution in [0, 0.1) is 0 Å². The molecule has 1 atom stereocenters. The van der Waals surface area contributed by atoms with Crippen molar-refractivity contribution >= 4 is 18.4 Å². The number of halogens is 1. The topological polar surface area (TPSA) is 80.0 Å². The van der Waals surface area contributed by atoms with Gasteiger partial charge in [-0.3, -0.25) is 4.79 Å². The molecule has 0 radical (unpaired) electrons. The molecule has 0 bridgehead atoms. The van der Waals surface area contributed by atoms with Gasteiger partial charge in [-0.15, -0.1) is 12.4 Å². The Morgan fingerprint density at radius 2 is 2.11 bits per heavy atom. The second kappa shape index (κ2) is 5.79. The lowest BCUT2D eigenvalue weighted by molar-refractivity contribution is -0.142. The van der Waals surface area contributed by atoms with E-state index >= 15 is 0 Å². The molecule has 0 aromatic heterocycles. The molecule has 1 heterocycles. The Bertz CT molecular complexity index is 451. The van der Waals surface area contributed by atoms with E-state index in [1.807, 2.05) is 0 Å². The van der Waals surface area contributed by atoms with E-state index in [2.05, 4.69) is 4.74 Å². The van der Waals surface area contributed by atoms with Gasteiger partial charge in [0.25, 0.3) is 0 Å². The van der Waals surface area contributed by atoms with Crippen LogP contribution >= 0.6 is 12.4 Å². The molecule has 1 aliphatic heterocycles. The van der Waals surface area contributed by atoms with Crippen LogP contribution in [-0.4, -0.2) is 27.0 Å². The predicted octanol–water partition coefficient (Wildman–Crippen LogP) is 1.02. The van der Waals surface area contributed by atoms with E-state index in [9.17, 15) is 4.79 Å². The van der Waals surface area contributed by atoms with Crippen LogP contribution in [0.4, 0.5) is 0 Å². The van der Waals surface area contributed by atoms with E-state index in [0.29, 0.717) is 22.8 Å². The second-order valence-corrected chi connectivity index (χ2v) is 3.46. The summed E-state index contributed by atoms with van der Waals surface area (Å²) >= 11 is 0. The van der Waals surface area contributed by atoms with Gasteiger partial charge in [0.15, 0.2) is 11.5 Å². The predicted molar refractivity (Wildman–Crippen MR) is 65.3 cm³/mol. The van der Waals surface area contributed by atoms with Gasteiger partial charge in [0, 0.05) is 0 Å². The number of rotatable bonds is 3. The Labute approximate surface area is 110 Å². The maximum atomic E-state index is 11.4. The van der Waals surface area contributed by atoms with Crippen molar-refractivity contribution in [3.8, 4) is 17.2 Å². The summed E-state index contributed by atoms with van der Waals surface area (Å²) in [6.07, 6.45) is 0. The first-order valence-electron chi connectivity index (χ1n) is 4.98. The van der Waals surface area contributed by atoms with Gasteiger partial charge in [-0.2, -0.15) is 0 Å². The van der Waals surface area contributed by atoms with Crippen molar-refractivity contribution < 1.29 is 23.7 Å². The van der Waals surface area contributed by atoms with Gasteiger partial charge in [0.05, 0.1) is 14.2 Å². The van der Waals surface area contributed by atoms with E-state index in [4.69, 9.17) is 19.9 Å².